The Morgan fingerprint density at radius 2 is 1.74 bits per heavy atom. The smallest absolute Gasteiger partial charge is 0.345 e. The lowest BCUT2D eigenvalue weighted by atomic mass is 10.0. The lowest BCUT2D eigenvalue weighted by molar-refractivity contribution is -0.141. The maximum absolute atomic E-state index is 13.4. The summed E-state index contributed by atoms with van der Waals surface area (Å²) in [4.78, 5) is 15.5. The van der Waals surface area contributed by atoms with Crippen molar-refractivity contribution in [2.75, 3.05) is 0 Å². The first-order valence-corrected chi connectivity index (χ1v) is 10.5. The molecule has 0 aliphatic carbocycles. The maximum atomic E-state index is 13.4. The van der Waals surface area contributed by atoms with E-state index in [0.29, 0.717) is 11.3 Å². The van der Waals surface area contributed by atoms with Gasteiger partial charge in [0.15, 0.2) is 5.69 Å². The van der Waals surface area contributed by atoms with E-state index in [0.717, 1.165) is 25.0 Å². The Morgan fingerprint density at radius 1 is 1.10 bits per heavy atom. The fourth-order valence-electron chi connectivity index (χ4n) is 2.92. The third-order valence-electron chi connectivity index (χ3n) is 4.74. The molecule has 0 aliphatic rings. The highest BCUT2D eigenvalue weighted by molar-refractivity contribution is 7.13. The molecule has 0 saturated carbocycles. The van der Waals surface area contributed by atoms with Gasteiger partial charge in [0.2, 0.25) is 0 Å². The minimum atomic E-state index is -4.84. The molecule has 1 heterocycles. The van der Waals surface area contributed by atoms with Crippen LogP contribution in [-0.2, 0) is 18.9 Å². The molecular weight excluding hydrogens is 444 g/mol. The summed E-state index contributed by atoms with van der Waals surface area (Å²) in [5.41, 5.74) is -2.08. The molecule has 11 heteroatoms. The molecule has 172 valence electrons. The van der Waals surface area contributed by atoms with E-state index >= 15 is 0 Å². The van der Waals surface area contributed by atoms with Crippen molar-refractivity contribution < 1.29 is 31.1 Å². The molecule has 0 saturated heterocycles. The van der Waals surface area contributed by atoms with Crippen molar-refractivity contribution in [1.29, 1.82) is 0 Å². The number of rotatable bonds is 8. The van der Waals surface area contributed by atoms with E-state index in [4.69, 9.17) is 0 Å². The largest absolute Gasteiger partial charge is 0.435 e. The maximum Gasteiger partial charge on any atom is 0.435 e. The van der Waals surface area contributed by atoms with E-state index in [9.17, 15) is 31.1 Å². The first-order chi connectivity index (χ1) is 14.4. The van der Waals surface area contributed by atoms with Gasteiger partial charge in [-0.25, -0.2) is 4.98 Å². The third kappa shape index (κ3) is 6.67. The number of nitrogens with one attached hydrogen (secondary N) is 2. The second kappa shape index (κ2) is 9.99. The van der Waals surface area contributed by atoms with Gasteiger partial charge in [0.05, 0.1) is 11.6 Å². The van der Waals surface area contributed by atoms with Crippen molar-refractivity contribution in [3.8, 4) is 0 Å². The topological polar surface area (TPSA) is 54.0 Å². The number of carbonyl (C=O) groups is 1. The van der Waals surface area contributed by atoms with Crippen molar-refractivity contribution in [3.05, 3.63) is 51.0 Å². The molecule has 4 nitrogen and oxygen atoms in total. The van der Waals surface area contributed by atoms with E-state index < -0.39 is 40.4 Å². The van der Waals surface area contributed by atoms with E-state index in [-0.39, 0.29) is 23.2 Å². The Labute approximate surface area is 180 Å². The fraction of sp³-hybridized carbons (Fsp3) is 0.500. The average molecular weight is 467 g/mol. The number of alkyl halides is 6. The van der Waals surface area contributed by atoms with E-state index in [1.807, 2.05) is 13.8 Å². The summed E-state index contributed by atoms with van der Waals surface area (Å²) in [5, 5.41) is 5.55. The molecule has 1 amide bonds. The van der Waals surface area contributed by atoms with Crippen molar-refractivity contribution in [3.63, 3.8) is 0 Å². The van der Waals surface area contributed by atoms with Gasteiger partial charge in [-0.15, -0.1) is 11.3 Å². The minimum Gasteiger partial charge on any atom is -0.345 e. The van der Waals surface area contributed by atoms with Gasteiger partial charge in [0, 0.05) is 12.6 Å². The van der Waals surface area contributed by atoms with Gasteiger partial charge >= 0.3 is 12.4 Å². The number of halogens is 6. The number of benzene rings is 1. The molecule has 0 aliphatic heterocycles. The van der Waals surface area contributed by atoms with Gasteiger partial charge in [-0.05, 0) is 37.5 Å². The summed E-state index contributed by atoms with van der Waals surface area (Å²) in [6, 6.07) is 3.44. The van der Waals surface area contributed by atoms with E-state index in [1.54, 1.807) is 0 Å². The Hall–Kier alpha value is -2.14. The van der Waals surface area contributed by atoms with Crippen molar-refractivity contribution >= 4 is 17.2 Å². The number of carbonyl (C=O) groups excluding carboxylic acids is 1. The van der Waals surface area contributed by atoms with Crippen molar-refractivity contribution in [1.82, 2.24) is 15.6 Å². The number of hydrogen-bond acceptors (Lipinski definition) is 4. The van der Waals surface area contributed by atoms with Crippen LogP contribution < -0.4 is 10.6 Å². The van der Waals surface area contributed by atoms with Gasteiger partial charge in [0.25, 0.3) is 5.91 Å². The van der Waals surface area contributed by atoms with Gasteiger partial charge in [0.1, 0.15) is 9.88 Å². The van der Waals surface area contributed by atoms with Crippen LogP contribution in [0.25, 0.3) is 0 Å². The quantitative estimate of drug-likeness (QED) is 0.472. The predicted octanol–water partition coefficient (Wildman–Crippen LogP) is 5.95. The summed E-state index contributed by atoms with van der Waals surface area (Å²) in [6.07, 6.45) is -7.83. The molecule has 0 bridgehead atoms. The Bertz CT molecular complexity index is 890. The molecular formula is C20H23F6N3OS. The zero-order chi connectivity index (χ0) is 23.4. The Kier molecular flexibility index (Phi) is 8.09. The number of aromatic nitrogens is 1. The van der Waals surface area contributed by atoms with Crippen molar-refractivity contribution in [2.45, 2.75) is 64.6 Å². The monoisotopic (exact) mass is 467 g/mol. The fourth-order valence-corrected chi connectivity index (χ4v) is 3.86. The highest BCUT2D eigenvalue weighted by Gasteiger charge is 2.40. The average Bonchev–Trinajstić information content (AvgIpc) is 3.13. The van der Waals surface area contributed by atoms with E-state index in [2.05, 4.69) is 15.6 Å². The van der Waals surface area contributed by atoms with Gasteiger partial charge in [-0.2, -0.15) is 26.3 Å². The van der Waals surface area contributed by atoms with Crippen LogP contribution in [0.4, 0.5) is 26.3 Å². The van der Waals surface area contributed by atoms with Gasteiger partial charge in [-0.1, -0.05) is 26.0 Å². The first kappa shape index (κ1) is 25.1. The minimum absolute atomic E-state index is 0.0799. The number of nitrogens with zero attached hydrogens (tertiary/aromatic N) is 1. The summed E-state index contributed by atoms with van der Waals surface area (Å²) < 4.78 is 79.0. The molecule has 0 radical (unpaired) electrons. The summed E-state index contributed by atoms with van der Waals surface area (Å²) in [6.45, 7) is 5.37. The second-order valence-electron chi connectivity index (χ2n) is 7.00. The highest BCUT2D eigenvalue weighted by atomic mass is 32.1. The summed E-state index contributed by atoms with van der Waals surface area (Å²) in [5.74, 6) is -1.04. The lowest BCUT2D eigenvalue weighted by Crippen LogP contribution is -2.28. The molecule has 0 fully saturated rings. The van der Waals surface area contributed by atoms with Crippen LogP contribution in [0, 0.1) is 0 Å². The van der Waals surface area contributed by atoms with Crippen LogP contribution in [-0.4, -0.2) is 16.9 Å². The molecule has 2 rings (SSSR count). The third-order valence-corrected chi connectivity index (χ3v) is 5.79. The lowest BCUT2D eigenvalue weighted by Gasteiger charge is -2.16. The summed E-state index contributed by atoms with van der Waals surface area (Å²) in [7, 11) is 0. The van der Waals surface area contributed by atoms with Crippen LogP contribution in [0.3, 0.4) is 0 Å². The van der Waals surface area contributed by atoms with Crippen LogP contribution >= 0.6 is 11.3 Å². The Balaban J connectivity index is 2.23. The number of hydrogen-bond donors (Lipinski definition) is 2. The van der Waals surface area contributed by atoms with Crippen LogP contribution in [0.5, 0.6) is 0 Å². The van der Waals surface area contributed by atoms with Crippen LogP contribution in [0.2, 0.25) is 0 Å². The normalized spacial score (nSPS) is 13.5. The molecule has 1 aromatic carbocycles. The van der Waals surface area contributed by atoms with Crippen LogP contribution in [0.15, 0.2) is 24.3 Å². The standard InChI is InChI=1S/C20H23F6N3OS/c1-4-14(5-2)27-10-15-29-17(20(24,25)26)16(31-15)18(30)28-11(3)12-7-6-8-13(9-12)19(21,22)23/h6-9,11,14,27H,4-5,10H2,1-3H3,(H,28,30). The molecule has 2 N–H and O–H groups in total. The molecule has 2 aromatic rings. The molecule has 0 spiro atoms. The number of amides is 1. The predicted molar refractivity (Wildman–Crippen MR) is 106 cm³/mol. The number of thiazole rings is 1. The zero-order valence-corrected chi connectivity index (χ0v) is 17.9. The SMILES string of the molecule is CCC(CC)NCc1nc(C(F)(F)F)c(C(=O)NC(C)c2cccc(C(F)(F)F)c2)s1. The molecule has 1 aromatic heterocycles. The zero-order valence-electron chi connectivity index (χ0n) is 17.1. The molecule has 1 unspecified atom stereocenters. The highest BCUT2D eigenvalue weighted by Crippen LogP contribution is 2.35. The van der Waals surface area contributed by atoms with Gasteiger partial charge in [-0.3, -0.25) is 4.79 Å². The van der Waals surface area contributed by atoms with Gasteiger partial charge < -0.3 is 10.6 Å². The molecule has 1 atom stereocenters. The second-order valence-corrected chi connectivity index (χ2v) is 8.08. The molecule has 31 heavy (non-hydrogen) atoms. The van der Waals surface area contributed by atoms with Crippen molar-refractivity contribution in [2.24, 2.45) is 0 Å². The van der Waals surface area contributed by atoms with Crippen LogP contribution in [0.1, 0.15) is 71.2 Å². The summed E-state index contributed by atoms with van der Waals surface area (Å²) >= 11 is 0.616. The van der Waals surface area contributed by atoms with E-state index in [1.165, 1.54) is 19.1 Å². The first-order valence-electron chi connectivity index (χ1n) is 9.65. The Morgan fingerprint density at radius 3 is 2.29 bits per heavy atom.